The molecule has 0 bridgehead atoms. The Kier molecular flexibility index (Phi) is 5.00. The van der Waals surface area contributed by atoms with Crippen LogP contribution in [0.3, 0.4) is 0 Å². The highest BCUT2D eigenvalue weighted by molar-refractivity contribution is 5.88. The zero-order valence-electron chi connectivity index (χ0n) is 21.5. The Hall–Kier alpha value is -3.56. The quantitative estimate of drug-likeness (QED) is 0.442. The summed E-state index contributed by atoms with van der Waals surface area (Å²) in [6, 6.07) is 12.9. The largest absolute Gasteiger partial charge is 0.356 e. The second-order valence-corrected chi connectivity index (χ2v) is 11.2. The minimum Gasteiger partial charge on any atom is -0.356 e. The summed E-state index contributed by atoms with van der Waals surface area (Å²) in [5, 5.41) is 5.04. The van der Waals surface area contributed by atoms with Crippen LogP contribution in [0, 0.1) is 5.41 Å². The van der Waals surface area contributed by atoms with Gasteiger partial charge in [0.2, 0.25) is 0 Å². The van der Waals surface area contributed by atoms with Gasteiger partial charge < -0.3 is 20.3 Å². The lowest BCUT2D eigenvalue weighted by Crippen LogP contribution is -2.44. The predicted octanol–water partition coefficient (Wildman–Crippen LogP) is 4.07. The molecule has 8 rings (SSSR count). The van der Waals surface area contributed by atoms with Gasteiger partial charge in [0.05, 0.1) is 24.2 Å². The van der Waals surface area contributed by atoms with Gasteiger partial charge >= 0.3 is 0 Å². The van der Waals surface area contributed by atoms with Gasteiger partial charge in [-0.1, -0.05) is 24.3 Å². The smallest absolute Gasteiger partial charge is 0.183 e. The van der Waals surface area contributed by atoms with Crippen molar-refractivity contribution in [3.05, 3.63) is 65.6 Å². The number of ether oxygens (including phenoxy) is 1. The van der Waals surface area contributed by atoms with Gasteiger partial charge in [-0.25, -0.2) is 14.6 Å². The summed E-state index contributed by atoms with van der Waals surface area (Å²) in [6.45, 7) is 3.49. The van der Waals surface area contributed by atoms with E-state index in [9.17, 15) is 0 Å². The highest BCUT2D eigenvalue weighted by Gasteiger charge is 2.46. The Bertz CT molecular complexity index is 1520. The van der Waals surface area contributed by atoms with E-state index in [0.29, 0.717) is 0 Å². The first-order valence-electron chi connectivity index (χ1n) is 13.9. The minimum atomic E-state index is -0.0893. The number of rotatable bonds is 3. The fourth-order valence-corrected chi connectivity index (χ4v) is 6.94. The average molecular weight is 509 g/mol. The van der Waals surface area contributed by atoms with Crippen LogP contribution in [0.5, 0.6) is 0 Å². The number of hydrogen-bond donors (Lipinski definition) is 1. The Balaban J connectivity index is 1.12. The van der Waals surface area contributed by atoms with Crippen molar-refractivity contribution < 1.29 is 4.74 Å². The van der Waals surface area contributed by atoms with Gasteiger partial charge in [-0.2, -0.15) is 0 Å². The van der Waals surface area contributed by atoms with Crippen molar-refractivity contribution in [1.29, 1.82) is 0 Å². The molecule has 1 spiro atoms. The third kappa shape index (κ3) is 3.31. The summed E-state index contributed by atoms with van der Waals surface area (Å²) < 4.78 is 7.81. The normalized spacial score (nSPS) is 23.9. The first-order chi connectivity index (χ1) is 18.7. The number of anilines is 3. The summed E-state index contributed by atoms with van der Waals surface area (Å²) in [6.07, 6.45) is 9.83. The Labute approximate surface area is 221 Å². The Morgan fingerprint density at radius 1 is 1.03 bits per heavy atom. The van der Waals surface area contributed by atoms with E-state index in [4.69, 9.17) is 25.5 Å². The molecule has 2 saturated heterocycles. The van der Waals surface area contributed by atoms with Crippen LogP contribution in [0.4, 0.5) is 17.3 Å². The number of fused-ring (bicyclic) bond motifs is 3. The van der Waals surface area contributed by atoms with Crippen LogP contribution in [-0.2, 0) is 17.6 Å². The molecule has 4 aromatic rings. The van der Waals surface area contributed by atoms with Crippen LogP contribution in [0.25, 0.3) is 11.2 Å². The van der Waals surface area contributed by atoms with Crippen LogP contribution in [0.1, 0.15) is 54.8 Å². The Morgan fingerprint density at radius 3 is 2.71 bits per heavy atom. The average Bonchev–Trinajstić information content (AvgIpc) is 3.43. The summed E-state index contributed by atoms with van der Waals surface area (Å²) in [7, 11) is 0. The van der Waals surface area contributed by atoms with Crippen molar-refractivity contribution in [2.75, 3.05) is 36.0 Å². The number of aromatic nitrogens is 5. The second kappa shape index (κ2) is 8.47. The maximum absolute atomic E-state index is 6.82. The van der Waals surface area contributed by atoms with Crippen molar-refractivity contribution >= 4 is 28.5 Å². The van der Waals surface area contributed by atoms with Gasteiger partial charge in [0.25, 0.3) is 0 Å². The number of nitrogens with zero attached hydrogens (tertiary/aromatic N) is 7. The van der Waals surface area contributed by atoms with E-state index < -0.39 is 0 Å². The zero-order valence-corrected chi connectivity index (χ0v) is 21.5. The van der Waals surface area contributed by atoms with Crippen LogP contribution in [0.15, 0.2) is 48.8 Å². The van der Waals surface area contributed by atoms with E-state index in [1.165, 1.54) is 11.1 Å². The van der Waals surface area contributed by atoms with E-state index in [-0.39, 0.29) is 17.7 Å². The number of pyridine rings is 1. The van der Waals surface area contributed by atoms with E-state index in [0.717, 1.165) is 98.9 Å². The summed E-state index contributed by atoms with van der Waals surface area (Å²) in [5.41, 5.74) is 13.5. The van der Waals surface area contributed by atoms with E-state index in [1.54, 1.807) is 0 Å². The highest BCUT2D eigenvalue weighted by Crippen LogP contribution is 2.51. The zero-order chi connectivity index (χ0) is 25.3. The van der Waals surface area contributed by atoms with E-state index >= 15 is 0 Å². The van der Waals surface area contributed by atoms with Gasteiger partial charge in [0.15, 0.2) is 23.2 Å². The first kappa shape index (κ1) is 22.4. The van der Waals surface area contributed by atoms with Crippen LogP contribution in [0.2, 0.25) is 0 Å². The lowest BCUT2D eigenvalue weighted by molar-refractivity contribution is -0.104. The van der Waals surface area contributed by atoms with Crippen molar-refractivity contribution in [2.45, 2.75) is 50.8 Å². The van der Waals surface area contributed by atoms with E-state index in [1.807, 2.05) is 23.1 Å². The molecule has 4 aliphatic rings. The molecule has 6 heterocycles. The molecule has 3 aliphatic heterocycles. The molecule has 2 fully saturated rings. The third-order valence-electron chi connectivity index (χ3n) is 9.20. The molecular weight excluding hydrogens is 476 g/mol. The molecule has 38 heavy (non-hydrogen) atoms. The third-order valence-corrected chi connectivity index (χ3v) is 9.20. The number of nitrogens with two attached hydrogens (primary N) is 1. The van der Waals surface area contributed by atoms with Crippen LogP contribution in [-0.4, -0.2) is 51.0 Å². The van der Waals surface area contributed by atoms with Gasteiger partial charge in [-0.3, -0.25) is 4.98 Å². The molecule has 2 N–H and O–H groups in total. The summed E-state index contributed by atoms with van der Waals surface area (Å²) in [4.78, 5) is 19.4. The summed E-state index contributed by atoms with van der Waals surface area (Å²) >= 11 is 0. The van der Waals surface area contributed by atoms with Crippen molar-refractivity contribution in [3.8, 4) is 0 Å². The molecule has 0 amide bonds. The minimum absolute atomic E-state index is 0.0893. The lowest BCUT2D eigenvalue weighted by Gasteiger charge is -2.42. The molecular formula is C29H32N8O. The molecule has 2 unspecified atom stereocenters. The maximum atomic E-state index is 6.82. The number of hydrogen-bond acceptors (Lipinski definition) is 8. The fourth-order valence-electron chi connectivity index (χ4n) is 6.94. The van der Waals surface area contributed by atoms with Crippen LogP contribution < -0.4 is 15.5 Å². The molecule has 194 valence electrons. The van der Waals surface area contributed by atoms with E-state index in [2.05, 4.69) is 45.1 Å². The molecule has 0 radical (unpaired) electrons. The number of aryl methyl sites for hydroxylation is 1. The lowest BCUT2D eigenvalue weighted by atomic mass is 9.73. The number of benzene rings is 1. The topological polar surface area (TPSA) is 98.2 Å². The van der Waals surface area contributed by atoms with Crippen molar-refractivity contribution in [2.24, 2.45) is 11.1 Å². The SMILES string of the molecule is NC1c2ccccc2CC12CCN(c1cnc3c(N4CCCc5ncccc54)nn(C4CCO4)c3n1)CC2. The van der Waals surface area contributed by atoms with Gasteiger partial charge in [0.1, 0.15) is 5.82 Å². The summed E-state index contributed by atoms with van der Waals surface area (Å²) in [5.74, 6) is 1.75. The predicted molar refractivity (Wildman–Crippen MR) is 145 cm³/mol. The monoisotopic (exact) mass is 508 g/mol. The van der Waals surface area contributed by atoms with Crippen molar-refractivity contribution in [1.82, 2.24) is 24.7 Å². The first-order valence-corrected chi connectivity index (χ1v) is 13.9. The van der Waals surface area contributed by atoms with Gasteiger partial charge in [-0.05, 0) is 60.8 Å². The second-order valence-electron chi connectivity index (χ2n) is 11.2. The standard InChI is InChI=1S/C29H32N8O/c30-26-20-6-2-1-5-19(20)17-29(26)10-14-35(15-11-29)23-18-32-25-27(33-23)37(24-9-16-38-24)34-28(25)36-13-4-7-21-22(36)8-3-12-31-21/h1-3,5-6,8,12,18,24,26H,4,7,9-11,13-17,30H2. The molecule has 2 atom stereocenters. The molecule has 9 heteroatoms. The molecule has 1 aliphatic carbocycles. The molecule has 3 aromatic heterocycles. The molecule has 0 saturated carbocycles. The van der Waals surface area contributed by atoms with Crippen molar-refractivity contribution in [3.63, 3.8) is 0 Å². The van der Waals surface area contributed by atoms with Crippen LogP contribution >= 0.6 is 0 Å². The Morgan fingerprint density at radius 2 is 1.89 bits per heavy atom. The fraction of sp³-hybridized carbons (Fsp3) is 0.448. The maximum Gasteiger partial charge on any atom is 0.183 e. The molecule has 1 aromatic carbocycles. The highest BCUT2D eigenvalue weighted by atomic mass is 16.5. The van der Waals surface area contributed by atoms with Gasteiger partial charge in [0, 0.05) is 38.3 Å². The number of piperidine rings is 1. The van der Waals surface area contributed by atoms with Gasteiger partial charge in [-0.15, -0.1) is 5.10 Å². The molecule has 9 nitrogen and oxygen atoms in total.